The molecule has 5 nitrogen and oxygen atoms in total. The number of benzene rings is 3. The van der Waals surface area contributed by atoms with Gasteiger partial charge in [-0.2, -0.15) is 5.10 Å². The number of H-pyrrole nitrogens is 1. The number of anilines is 1. The molecule has 140 valence electrons. The molecule has 0 bridgehead atoms. The fourth-order valence-electron chi connectivity index (χ4n) is 2.84. The van der Waals surface area contributed by atoms with Crippen molar-refractivity contribution >= 4 is 5.69 Å². The molecule has 0 spiro atoms. The molecule has 0 fully saturated rings. The molecule has 1 heterocycles. The summed E-state index contributed by atoms with van der Waals surface area (Å²) in [5.41, 5.74) is 10.4. The van der Waals surface area contributed by atoms with Crippen LogP contribution in [-0.2, 0) is 0 Å². The Labute approximate surface area is 163 Å². The minimum absolute atomic E-state index is 0.484. The lowest BCUT2D eigenvalue weighted by molar-refractivity contribution is 0.217. The maximum atomic E-state index is 5.74. The number of nitrogen functional groups attached to an aromatic ring is 1. The normalized spacial score (nSPS) is 10.6. The second kappa shape index (κ2) is 8.31. The Morgan fingerprint density at radius 1 is 0.714 bits per heavy atom. The van der Waals surface area contributed by atoms with Crippen molar-refractivity contribution in [1.82, 2.24) is 10.2 Å². The van der Waals surface area contributed by atoms with Crippen molar-refractivity contribution in [1.29, 1.82) is 0 Å². The molecule has 0 radical (unpaired) electrons. The Hall–Kier alpha value is -3.73. The monoisotopic (exact) mass is 371 g/mol. The zero-order valence-electron chi connectivity index (χ0n) is 15.3. The van der Waals surface area contributed by atoms with E-state index in [0.29, 0.717) is 13.2 Å². The number of hydrogen-bond donors (Lipinski definition) is 2. The average molecular weight is 371 g/mol. The first kappa shape index (κ1) is 17.7. The zero-order valence-corrected chi connectivity index (χ0v) is 15.3. The number of aromatic nitrogens is 2. The predicted octanol–water partition coefficient (Wildman–Crippen LogP) is 4.78. The first-order valence-corrected chi connectivity index (χ1v) is 9.10. The number of nitrogens with one attached hydrogen (secondary N) is 1. The second-order valence-electron chi connectivity index (χ2n) is 6.32. The minimum Gasteiger partial charge on any atom is -0.490 e. The maximum absolute atomic E-state index is 5.74. The lowest BCUT2D eigenvalue weighted by Crippen LogP contribution is -2.08. The van der Waals surface area contributed by atoms with Crippen LogP contribution in [0.15, 0.2) is 84.9 Å². The van der Waals surface area contributed by atoms with Crippen molar-refractivity contribution in [2.75, 3.05) is 18.9 Å². The molecule has 5 heteroatoms. The van der Waals surface area contributed by atoms with Crippen LogP contribution in [-0.4, -0.2) is 23.4 Å². The largest absolute Gasteiger partial charge is 0.490 e. The lowest BCUT2D eigenvalue weighted by atomic mass is 10.1. The van der Waals surface area contributed by atoms with Gasteiger partial charge in [0.1, 0.15) is 24.7 Å². The van der Waals surface area contributed by atoms with Crippen LogP contribution in [0.1, 0.15) is 0 Å². The molecule has 1 aromatic heterocycles. The summed E-state index contributed by atoms with van der Waals surface area (Å²) in [6.07, 6.45) is 0. The Morgan fingerprint density at radius 3 is 2.00 bits per heavy atom. The van der Waals surface area contributed by atoms with Crippen LogP contribution < -0.4 is 15.2 Å². The highest BCUT2D eigenvalue weighted by atomic mass is 16.5. The van der Waals surface area contributed by atoms with Crippen molar-refractivity contribution in [3.8, 4) is 34.0 Å². The van der Waals surface area contributed by atoms with Gasteiger partial charge in [-0.3, -0.25) is 5.10 Å². The van der Waals surface area contributed by atoms with Crippen LogP contribution in [0.25, 0.3) is 22.5 Å². The van der Waals surface area contributed by atoms with E-state index >= 15 is 0 Å². The lowest BCUT2D eigenvalue weighted by Gasteiger charge is -2.08. The van der Waals surface area contributed by atoms with Crippen molar-refractivity contribution < 1.29 is 9.47 Å². The van der Waals surface area contributed by atoms with Gasteiger partial charge in [0, 0.05) is 11.3 Å². The summed E-state index contributed by atoms with van der Waals surface area (Å²) in [5.74, 6) is 1.64. The van der Waals surface area contributed by atoms with Gasteiger partial charge in [0.2, 0.25) is 0 Å². The van der Waals surface area contributed by atoms with E-state index in [0.717, 1.165) is 39.7 Å². The van der Waals surface area contributed by atoms with Gasteiger partial charge >= 0.3 is 0 Å². The summed E-state index contributed by atoms with van der Waals surface area (Å²) in [6, 6.07) is 27.3. The molecule has 0 saturated heterocycles. The summed E-state index contributed by atoms with van der Waals surface area (Å²) in [7, 11) is 0. The van der Waals surface area contributed by atoms with Crippen LogP contribution >= 0.6 is 0 Å². The molecule has 0 saturated carbocycles. The van der Waals surface area contributed by atoms with E-state index in [1.54, 1.807) is 0 Å². The molecule has 0 aliphatic carbocycles. The highest BCUT2D eigenvalue weighted by Gasteiger charge is 2.06. The van der Waals surface area contributed by atoms with Gasteiger partial charge in [-0.15, -0.1) is 0 Å². The fraction of sp³-hybridized carbons (Fsp3) is 0.0870. The quantitative estimate of drug-likeness (QED) is 0.362. The second-order valence-corrected chi connectivity index (χ2v) is 6.32. The van der Waals surface area contributed by atoms with Crippen LogP contribution in [0.4, 0.5) is 5.69 Å². The highest BCUT2D eigenvalue weighted by molar-refractivity contribution is 5.69. The van der Waals surface area contributed by atoms with Gasteiger partial charge < -0.3 is 15.2 Å². The summed E-state index contributed by atoms with van der Waals surface area (Å²) in [4.78, 5) is 0. The van der Waals surface area contributed by atoms with Gasteiger partial charge in [-0.05, 0) is 60.2 Å². The van der Waals surface area contributed by atoms with Crippen LogP contribution in [0.3, 0.4) is 0 Å². The topological polar surface area (TPSA) is 73.2 Å². The molecule has 0 amide bonds. The zero-order chi connectivity index (χ0) is 19.2. The van der Waals surface area contributed by atoms with E-state index in [-0.39, 0.29) is 0 Å². The average Bonchev–Trinajstić information content (AvgIpc) is 3.23. The SMILES string of the molecule is Nc1ccc(-c2cc(-c3ccc(OCCOc4ccccc4)cc3)n[nH]2)cc1. The molecule has 3 aromatic carbocycles. The molecule has 4 aromatic rings. The number of aromatic amines is 1. The fourth-order valence-corrected chi connectivity index (χ4v) is 2.84. The Morgan fingerprint density at radius 2 is 1.32 bits per heavy atom. The molecule has 0 unspecified atom stereocenters. The Bertz CT molecular complexity index is 1010. The number of nitrogens with zero attached hydrogens (tertiary/aromatic N) is 1. The molecular weight excluding hydrogens is 350 g/mol. The summed E-state index contributed by atoms with van der Waals surface area (Å²) >= 11 is 0. The van der Waals surface area contributed by atoms with Crippen LogP contribution in [0, 0.1) is 0 Å². The summed E-state index contributed by atoms with van der Waals surface area (Å²) in [6.45, 7) is 0.980. The molecule has 0 atom stereocenters. The number of nitrogens with two attached hydrogens (primary N) is 1. The number of rotatable bonds is 7. The van der Waals surface area contributed by atoms with Crippen molar-refractivity contribution in [2.24, 2.45) is 0 Å². The van der Waals surface area contributed by atoms with E-state index in [4.69, 9.17) is 15.2 Å². The standard InChI is InChI=1S/C23H21N3O2/c24-19-10-6-17(7-11-19)22-16-23(26-25-22)18-8-12-21(13-9-18)28-15-14-27-20-4-2-1-3-5-20/h1-13,16H,14-15,24H2,(H,25,26). The Kier molecular flexibility index (Phi) is 5.24. The predicted molar refractivity (Wildman–Crippen MR) is 111 cm³/mol. The molecule has 4 rings (SSSR count). The van der Waals surface area contributed by atoms with Crippen molar-refractivity contribution in [2.45, 2.75) is 0 Å². The molecule has 0 aliphatic heterocycles. The van der Waals surface area contributed by atoms with E-state index in [1.807, 2.05) is 84.9 Å². The molecule has 28 heavy (non-hydrogen) atoms. The first-order valence-electron chi connectivity index (χ1n) is 9.10. The maximum Gasteiger partial charge on any atom is 0.122 e. The van der Waals surface area contributed by atoms with Gasteiger partial charge in [-0.25, -0.2) is 0 Å². The van der Waals surface area contributed by atoms with Gasteiger partial charge in [0.15, 0.2) is 0 Å². The third-order valence-corrected chi connectivity index (χ3v) is 4.31. The van der Waals surface area contributed by atoms with Gasteiger partial charge in [0.25, 0.3) is 0 Å². The van der Waals surface area contributed by atoms with Crippen LogP contribution in [0.5, 0.6) is 11.5 Å². The van der Waals surface area contributed by atoms with E-state index in [2.05, 4.69) is 10.2 Å². The van der Waals surface area contributed by atoms with Crippen molar-refractivity contribution in [3.05, 3.63) is 84.9 Å². The third-order valence-electron chi connectivity index (χ3n) is 4.31. The highest BCUT2D eigenvalue weighted by Crippen LogP contribution is 2.26. The minimum atomic E-state index is 0.484. The number of hydrogen-bond acceptors (Lipinski definition) is 4. The van der Waals surface area contributed by atoms with E-state index in [1.165, 1.54) is 0 Å². The molecule has 0 aliphatic rings. The summed E-state index contributed by atoms with van der Waals surface area (Å²) < 4.78 is 11.4. The first-order chi connectivity index (χ1) is 13.8. The van der Waals surface area contributed by atoms with Crippen molar-refractivity contribution in [3.63, 3.8) is 0 Å². The van der Waals surface area contributed by atoms with E-state index < -0.39 is 0 Å². The van der Waals surface area contributed by atoms with Gasteiger partial charge in [0.05, 0.1) is 11.4 Å². The Balaban J connectivity index is 1.34. The molecule has 3 N–H and O–H groups in total. The number of para-hydroxylation sites is 1. The van der Waals surface area contributed by atoms with Crippen LogP contribution in [0.2, 0.25) is 0 Å². The third kappa shape index (κ3) is 4.32. The van der Waals surface area contributed by atoms with Gasteiger partial charge in [-0.1, -0.05) is 30.3 Å². The molecular formula is C23H21N3O2. The smallest absolute Gasteiger partial charge is 0.122 e. The summed E-state index contributed by atoms with van der Waals surface area (Å²) in [5, 5.41) is 7.48. The van der Waals surface area contributed by atoms with E-state index in [9.17, 15) is 0 Å². The number of ether oxygens (including phenoxy) is 2.